The third-order valence-corrected chi connectivity index (χ3v) is 6.71. The van der Waals surface area contributed by atoms with E-state index in [1.165, 1.54) is 29.5 Å². The summed E-state index contributed by atoms with van der Waals surface area (Å²) in [6, 6.07) is 13.7. The normalized spacial score (nSPS) is 11.3. The van der Waals surface area contributed by atoms with Gasteiger partial charge in [-0.05, 0) is 37.3 Å². The molecule has 0 fully saturated rings. The zero-order valence-electron chi connectivity index (χ0n) is 17.5. The van der Waals surface area contributed by atoms with Crippen molar-refractivity contribution in [2.75, 3.05) is 18.9 Å². The standard InChI is InChI=1S/C21H20N4O5S2/c1-13-10-20(24-30-13)25-32(26,27)16-7-5-15(6-8-16)22-21-23-17(12-31-21)14-4-9-18(28-2)19(11-14)29-3/h4-12H,1-3H3,(H,22,23)(H,24,25)/p+1. The van der Waals surface area contributed by atoms with Gasteiger partial charge in [-0.3, -0.25) is 10.0 Å². The third-order valence-electron chi connectivity index (χ3n) is 4.55. The molecule has 0 aliphatic rings. The number of sulfonamides is 1. The molecule has 0 aliphatic heterocycles. The van der Waals surface area contributed by atoms with E-state index >= 15 is 0 Å². The lowest BCUT2D eigenvalue weighted by molar-refractivity contribution is -0.478. The van der Waals surface area contributed by atoms with Gasteiger partial charge in [-0.15, -0.1) is 0 Å². The molecule has 4 aromatic rings. The molecule has 11 heteroatoms. The maximum absolute atomic E-state index is 12.5. The lowest BCUT2D eigenvalue weighted by Crippen LogP contribution is -2.70. The van der Waals surface area contributed by atoms with Gasteiger partial charge in [0, 0.05) is 29.1 Å². The first-order chi connectivity index (χ1) is 15.4. The molecule has 32 heavy (non-hydrogen) atoms. The number of aromatic nitrogens is 2. The number of rotatable bonds is 8. The maximum Gasteiger partial charge on any atom is 0.288 e. The number of anilines is 1. The highest BCUT2D eigenvalue weighted by Crippen LogP contribution is 2.33. The Morgan fingerprint density at radius 3 is 2.44 bits per heavy atom. The van der Waals surface area contributed by atoms with Crippen LogP contribution in [0.4, 0.5) is 16.6 Å². The number of aryl methyl sites for hydroxylation is 1. The zero-order valence-corrected chi connectivity index (χ0v) is 19.2. The van der Waals surface area contributed by atoms with Gasteiger partial charge >= 0.3 is 0 Å². The summed E-state index contributed by atoms with van der Waals surface area (Å²) in [6.07, 6.45) is 0. The highest BCUT2D eigenvalue weighted by Gasteiger charge is 2.17. The second kappa shape index (κ2) is 8.99. The molecule has 2 aromatic carbocycles. The molecule has 2 heterocycles. The Kier molecular flexibility index (Phi) is 6.12. The molecule has 3 N–H and O–H groups in total. The molecule has 0 atom stereocenters. The number of hydrogen-bond donors (Lipinski definition) is 2. The second-order valence-electron chi connectivity index (χ2n) is 6.78. The summed E-state index contributed by atoms with van der Waals surface area (Å²) in [4.78, 5) is 4.78. The van der Waals surface area contributed by atoms with Crippen molar-refractivity contribution in [3.63, 3.8) is 0 Å². The SMILES string of the molecule is COc1ccc(-c2csc([NH2+]c3ccc(S(=O)(=O)Nc4cc(C)on4)cc3)n2)cc1OC. The largest absolute Gasteiger partial charge is 0.493 e. The van der Waals surface area contributed by atoms with E-state index in [4.69, 9.17) is 14.0 Å². The van der Waals surface area contributed by atoms with Crippen molar-refractivity contribution in [1.29, 1.82) is 0 Å². The molecule has 9 nitrogen and oxygen atoms in total. The average molecular weight is 474 g/mol. The Morgan fingerprint density at radius 2 is 1.78 bits per heavy atom. The van der Waals surface area contributed by atoms with Crippen molar-refractivity contribution in [2.45, 2.75) is 11.8 Å². The van der Waals surface area contributed by atoms with Gasteiger partial charge in [0.2, 0.25) is 0 Å². The monoisotopic (exact) mass is 473 g/mol. The minimum Gasteiger partial charge on any atom is -0.493 e. The van der Waals surface area contributed by atoms with Gasteiger partial charge < -0.3 is 14.0 Å². The Labute approximate surface area is 189 Å². The number of ether oxygens (including phenoxy) is 2. The van der Waals surface area contributed by atoms with Crippen molar-refractivity contribution in [3.05, 3.63) is 59.7 Å². The van der Waals surface area contributed by atoms with E-state index in [9.17, 15) is 8.42 Å². The summed E-state index contributed by atoms with van der Waals surface area (Å²) in [5.74, 6) is 1.95. The van der Waals surface area contributed by atoms with E-state index in [-0.39, 0.29) is 10.7 Å². The van der Waals surface area contributed by atoms with Crippen molar-refractivity contribution in [2.24, 2.45) is 0 Å². The molecule has 0 spiro atoms. The van der Waals surface area contributed by atoms with Crippen molar-refractivity contribution < 1.29 is 27.7 Å². The van der Waals surface area contributed by atoms with Crippen molar-refractivity contribution >= 4 is 38.0 Å². The fourth-order valence-corrected chi connectivity index (χ4v) is 4.74. The molecule has 0 unspecified atom stereocenters. The van der Waals surface area contributed by atoms with Gasteiger partial charge in [0.05, 0.1) is 24.8 Å². The lowest BCUT2D eigenvalue weighted by Gasteiger charge is -2.08. The van der Waals surface area contributed by atoms with Crippen LogP contribution in [0.2, 0.25) is 0 Å². The van der Waals surface area contributed by atoms with Crippen LogP contribution >= 0.6 is 11.3 Å². The Balaban J connectivity index is 1.47. The van der Waals surface area contributed by atoms with E-state index in [1.807, 2.05) is 28.9 Å². The summed E-state index contributed by atoms with van der Waals surface area (Å²) < 4.78 is 42.9. The van der Waals surface area contributed by atoms with E-state index in [1.54, 1.807) is 33.3 Å². The van der Waals surface area contributed by atoms with Crippen LogP contribution in [0.25, 0.3) is 11.3 Å². The number of nitrogens with one attached hydrogen (secondary N) is 1. The number of benzene rings is 2. The van der Waals surface area contributed by atoms with E-state index in [2.05, 4.69) is 14.9 Å². The van der Waals surface area contributed by atoms with E-state index in [0.29, 0.717) is 17.3 Å². The second-order valence-corrected chi connectivity index (χ2v) is 9.35. The first-order valence-electron chi connectivity index (χ1n) is 9.47. The number of quaternary nitrogens is 1. The Bertz CT molecular complexity index is 1330. The lowest BCUT2D eigenvalue weighted by atomic mass is 10.1. The van der Waals surface area contributed by atoms with Crippen LogP contribution < -0.4 is 19.5 Å². The molecular formula is C21H21N4O5S2+. The number of thiazole rings is 1. The Hall–Kier alpha value is -3.41. The predicted molar refractivity (Wildman–Crippen MR) is 120 cm³/mol. The van der Waals surface area contributed by atoms with Crippen LogP contribution in [-0.2, 0) is 10.0 Å². The van der Waals surface area contributed by atoms with Crippen LogP contribution in [0.3, 0.4) is 0 Å². The van der Waals surface area contributed by atoms with Gasteiger partial charge in [0.15, 0.2) is 17.3 Å². The summed E-state index contributed by atoms with van der Waals surface area (Å²) >= 11 is 1.49. The van der Waals surface area contributed by atoms with Gasteiger partial charge in [-0.25, -0.2) is 8.42 Å². The van der Waals surface area contributed by atoms with Crippen molar-refractivity contribution in [1.82, 2.24) is 10.1 Å². The highest BCUT2D eigenvalue weighted by atomic mass is 32.2. The minimum atomic E-state index is -3.76. The number of methoxy groups -OCH3 is 2. The van der Waals surface area contributed by atoms with Crippen LogP contribution in [0, 0.1) is 6.92 Å². The van der Waals surface area contributed by atoms with Crippen molar-refractivity contribution in [3.8, 4) is 22.8 Å². The highest BCUT2D eigenvalue weighted by molar-refractivity contribution is 7.92. The van der Waals surface area contributed by atoms with Gasteiger partial charge in [0.25, 0.3) is 15.2 Å². The number of hydrogen-bond acceptors (Lipinski definition) is 8. The average Bonchev–Trinajstić information content (AvgIpc) is 3.42. The van der Waals surface area contributed by atoms with Crippen LogP contribution in [0.1, 0.15) is 5.76 Å². The smallest absolute Gasteiger partial charge is 0.288 e. The first kappa shape index (κ1) is 21.8. The molecule has 166 valence electrons. The fourth-order valence-electron chi connectivity index (χ4n) is 2.98. The molecule has 0 radical (unpaired) electrons. The molecule has 0 aliphatic carbocycles. The topological polar surface area (TPSA) is 120 Å². The summed E-state index contributed by atoms with van der Waals surface area (Å²) in [6.45, 7) is 1.69. The zero-order chi connectivity index (χ0) is 22.7. The molecule has 0 saturated heterocycles. The molecular weight excluding hydrogens is 452 g/mol. The molecule has 2 aromatic heterocycles. The van der Waals surface area contributed by atoms with Gasteiger partial charge in [-0.2, -0.15) is 4.98 Å². The fraction of sp³-hybridized carbons (Fsp3) is 0.143. The Morgan fingerprint density at radius 1 is 1.03 bits per heavy atom. The first-order valence-corrected chi connectivity index (χ1v) is 11.8. The third kappa shape index (κ3) is 4.74. The summed E-state index contributed by atoms with van der Waals surface area (Å²) in [5.41, 5.74) is 2.55. The van der Waals surface area contributed by atoms with Crippen LogP contribution in [-0.4, -0.2) is 32.8 Å². The van der Waals surface area contributed by atoms with Gasteiger partial charge in [-0.1, -0.05) is 16.5 Å². The van der Waals surface area contributed by atoms with E-state index in [0.717, 1.165) is 22.1 Å². The maximum atomic E-state index is 12.5. The minimum absolute atomic E-state index is 0.125. The molecule has 4 rings (SSSR count). The van der Waals surface area contributed by atoms with Crippen LogP contribution in [0.5, 0.6) is 11.5 Å². The number of nitrogens with two attached hydrogens (primary N) is 1. The number of nitrogens with zero attached hydrogens (tertiary/aromatic N) is 2. The summed E-state index contributed by atoms with van der Waals surface area (Å²) in [7, 11) is -0.572. The summed E-state index contributed by atoms with van der Waals surface area (Å²) in [5, 5.41) is 8.29. The predicted octanol–water partition coefficient (Wildman–Crippen LogP) is 3.45. The molecule has 0 bridgehead atoms. The molecule has 0 saturated carbocycles. The molecule has 0 amide bonds. The quantitative estimate of drug-likeness (QED) is 0.376. The van der Waals surface area contributed by atoms with Crippen LogP contribution in [0.15, 0.2) is 63.3 Å². The van der Waals surface area contributed by atoms with Gasteiger partial charge in [0.1, 0.15) is 11.4 Å². The van der Waals surface area contributed by atoms with E-state index < -0.39 is 10.0 Å².